The lowest BCUT2D eigenvalue weighted by atomic mass is 10.2. The van der Waals surface area contributed by atoms with Crippen molar-refractivity contribution in [3.8, 4) is 0 Å². The number of halogens is 2. The highest BCUT2D eigenvalue weighted by Gasteiger charge is 2.09. The Balaban J connectivity index is 1.45. The maximum absolute atomic E-state index is 13.5. The number of rotatable bonds is 6. The van der Waals surface area contributed by atoms with Gasteiger partial charge in [-0.2, -0.15) is 0 Å². The van der Waals surface area contributed by atoms with Gasteiger partial charge in [-0.3, -0.25) is 4.79 Å². The molecule has 1 aromatic heterocycles. The zero-order valence-corrected chi connectivity index (χ0v) is 14.2. The Morgan fingerprint density at radius 3 is 2.83 bits per heavy atom. The van der Waals surface area contributed by atoms with Gasteiger partial charge in [-0.15, -0.1) is 11.3 Å². The van der Waals surface area contributed by atoms with Crippen LogP contribution in [0.15, 0.2) is 46.8 Å². The van der Waals surface area contributed by atoms with Gasteiger partial charge in [-0.25, -0.2) is 13.8 Å². The molecule has 7 heteroatoms. The third-order valence-corrected chi connectivity index (χ3v) is 5.52. The first-order valence-electron chi connectivity index (χ1n) is 7.35. The van der Waals surface area contributed by atoms with Crippen molar-refractivity contribution in [2.75, 3.05) is 11.1 Å². The molecule has 3 rings (SSSR count). The second-order valence-corrected chi connectivity index (χ2v) is 7.44. The molecule has 1 N–H and O–H groups in total. The molecule has 3 aromatic rings. The first-order chi connectivity index (χ1) is 11.6. The first-order valence-corrected chi connectivity index (χ1v) is 9.15. The van der Waals surface area contributed by atoms with Crippen LogP contribution in [0.4, 0.5) is 14.5 Å². The van der Waals surface area contributed by atoms with E-state index >= 15 is 0 Å². The molecule has 0 bridgehead atoms. The van der Waals surface area contributed by atoms with Crippen molar-refractivity contribution in [2.24, 2.45) is 0 Å². The molecule has 0 unspecified atom stereocenters. The molecule has 1 heterocycles. The molecule has 0 spiro atoms. The number of carbonyl (C=O) groups is 1. The van der Waals surface area contributed by atoms with Crippen molar-refractivity contribution in [3.63, 3.8) is 0 Å². The zero-order chi connectivity index (χ0) is 16.9. The Morgan fingerprint density at radius 2 is 2.04 bits per heavy atom. The first kappa shape index (κ1) is 16.9. The summed E-state index contributed by atoms with van der Waals surface area (Å²) in [5.74, 6) is -0.977. The van der Waals surface area contributed by atoms with E-state index in [0.29, 0.717) is 6.42 Å². The largest absolute Gasteiger partial charge is 0.324 e. The molecule has 0 atom stereocenters. The third kappa shape index (κ3) is 4.30. The van der Waals surface area contributed by atoms with Gasteiger partial charge in [0, 0.05) is 18.2 Å². The molecule has 2 aromatic carbocycles. The van der Waals surface area contributed by atoms with E-state index < -0.39 is 11.6 Å². The van der Waals surface area contributed by atoms with E-state index in [4.69, 9.17) is 0 Å². The molecular formula is C17H14F2N2OS2. The normalized spacial score (nSPS) is 10.9. The van der Waals surface area contributed by atoms with E-state index in [9.17, 15) is 13.6 Å². The van der Waals surface area contributed by atoms with E-state index in [-0.39, 0.29) is 18.0 Å². The molecule has 3 nitrogen and oxygen atoms in total. The minimum Gasteiger partial charge on any atom is -0.324 e. The smallest absolute Gasteiger partial charge is 0.224 e. The van der Waals surface area contributed by atoms with Gasteiger partial charge in [-0.1, -0.05) is 23.9 Å². The second-order valence-electron chi connectivity index (χ2n) is 5.07. The van der Waals surface area contributed by atoms with Crippen LogP contribution >= 0.6 is 23.1 Å². The summed E-state index contributed by atoms with van der Waals surface area (Å²) in [6.07, 6.45) is 0.921. The average Bonchev–Trinajstić information content (AvgIpc) is 2.97. The quantitative estimate of drug-likeness (QED) is 0.490. The van der Waals surface area contributed by atoms with E-state index in [1.54, 1.807) is 23.1 Å². The maximum Gasteiger partial charge on any atom is 0.224 e. The SMILES string of the molecule is O=C(CCCSc1nc2ccccc2s1)Nc1ccc(F)cc1F. The molecular weight excluding hydrogens is 350 g/mol. The maximum atomic E-state index is 13.5. The van der Waals surface area contributed by atoms with E-state index in [1.807, 2.05) is 24.3 Å². The summed E-state index contributed by atoms with van der Waals surface area (Å²) >= 11 is 3.23. The third-order valence-electron chi connectivity index (χ3n) is 3.25. The average molecular weight is 364 g/mol. The number of amides is 1. The minimum atomic E-state index is -0.771. The van der Waals surface area contributed by atoms with Crippen LogP contribution in [0.2, 0.25) is 0 Å². The number of nitrogens with zero attached hydrogens (tertiary/aromatic N) is 1. The Hall–Kier alpha value is -1.99. The van der Waals surface area contributed by atoms with Crippen molar-refractivity contribution in [1.29, 1.82) is 0 Å². The number of fused-ring (bicyclic) bond motifs is 1. The molecule has 0 aliphatic rings. The number of thioether (sulfide) groups is 1. The van der Waals surface area contributed by atoms with Crippen molar-refractivity contribution in [1.82, 2.24) is 4.98 Å². The Morgan fingerprint density at radius 1 is 1.21 bits per heavy atom. The van der Waals surface area contributed by atoms with Crippen LogP contribution in [0, 0.1) is 11.6 Å². The van der Waals surface area contributed by atoms with Crippen LogP contribution < -0.4 is 5.32 Å². The standard InChI is InChI=1S/C17H14F2N2OS2/c18-11-7-8-13(12(19)10-11)20-16(22)6-3-9-23-17-21-14-4-1-2-5-15(14)24-17/h1-2,4-5,7-8,10H,3,6,9H2,(H,20,22). The number of nitrogens with one attached hydrogen (secondary N) is 1. The molecule has 0 saturated heterocycles. The number of anilines is 1. The fraction of sp³-hybridized carbons (Fsp3) is 0.176. The highest BCUT2D eigenvalue weighted by atomic mass is 32.2. The number of hydrogen-bond acceptors (Lipinski definition) is 4. The van der Waals surface area contributed by atoms with Gasteiger partial charge in [0.05, 0.1) is 15.9 Å². The molecule has 24 heavy (non-hydrogen) atoms. The van der Waals surface area contributed by atoms with Crippen LogP contribution in [0.5, 0.6) is 0 Å². The van der Waals surface area contributed by atoms with Gasteiger partial charge in [0.25, 0.3) is 0 Å². The highest BCUT2D eigenvalue weighted by Crippen LogP contribution is 2.29. The molecule has 124 valence electrons. The molecule has 1 amide bonds. The summed E-state index contributed by atoms with van der Waals surface area (Å²) in [5, 5.41) is 2.45. The minimum absolute atomic E-state index is 0.000209. The summed E-state index contributed by atoms with van der Waals surface area (Å²) in [7, 11) is 0. The van der Waals surface area contributed by atoms with Crippen LogP contribution in [0.3, 0.4) is 0 Å². The highest BCUT2D eigenvalue weighted by molar-refractivity contribution is 8.01. The second kappa shape index (κ2) is 7.72. The molecule has 0 fully saturated rings. The van der Waals surface area contributed by atoms with Crippen molar-refractivity contribution in [2.45, 2.75) is 17.2 Å². The van der Waals surface area contributed by atoms with Gasteiger partial charge in [-0.05, 0) is 30.7 Å². The van der Waals surface area contributed by atoms with Gasteiger partial charge < -0.3 is 5.32 Å². The van der Waals surface area contributed by atoms with Crippen LogP contribution in [0.1, 0.15) is 12.8 Å². The fourth-order valence-corrected chi connectivity index (χ4v) is 4.19. The van der Waals surface area contributed by atoms with Gasteiger partial charge in [0.1, 0.15) is 11.6 Å². The van der Waals surface area contributed by atoms with E-state index in [2.05, 4.69) is 10.3 Å². The van der Waals surface area contributed by atoms with Crippen molar-refractivity contribution in [3.05, 3.63) is 54.1 Å². The Labute approximate surface area is 146 Å². The molecule has 0 aliphatic carbocycles. The van der Waals surface area contributed by atoms with Crippen LogP contribution in [0.25, 0.3) is 10.2 Å². The zero-order valence-electron chi connectivity index (χ0n) is 12.6. The van der Waals surface area contributed by atoms with Crippen molar-refractivity contribution < 1.29 is 13.6 Å². The fourth-order valence-electron chi connectivity index (χ4n) is 2.11. The topological polar surface area (TPSA) is 42.0 Å². The van der Waals surface area contributed by atoms with E-state index in [1.165, 1.54) is 6.07 Å². The summed E-state index contributed by atoms with van der Waals surface area (Å²) in [6.45, 7) is 0. The lowest BCUT2D eigenvalue weighted by Crippen LogP contribution is -2.12. The Bertz CT molecular complexity index is 834. The summed E-state index contributed by atoms with van der Waals surface area (Å²) < 4.78 is 28.4. The van der Waals surface area contributed by atoms with Gasteiger partial charge in [0.15, 0.2) is 4.34 Å². The number of aromatic nitrogens is 1. The molecule has 0 saturated carbocycles. The Kier molecular flexibility index (Phi) is 5.42. The number of benzene rings is 2. The number of hydrogen-bond donors (Lipinski definition) is 1. The summed E-state index contributed by atoms with van der Waals surface area (Å²) in [6, 6.07) is 11.0. The monoisotopic (exact) mass is 364 g/mol. The predicted octanol–water partition coefficient (Wildman–Crippen LogP) is 5.09. The van der Waals surface area contributed by atoms with Gasteiger partial charge in [0.2, 0.25) is 5.91 Å². The molecule has 0 radical (unpaired) electrons. The molecule has 0 aliphatic heterocycles. The lowest BCUT2D eigenvalue weighted by Gasteiger charge is -2.06. The number of carbonyl (C=O) groups excluding carboxylic acids is 1. The van der Waals surface area contributed by atoms with Gasteiger partial charge >= 0.3 is 0 Å². The number of para-hydroxylation sites is 1. The van der Waals surface area contributed by atoms with Crippen molar-refractivity contribution >= 4 is 44.9 Å². The number of thiazole rings is 1. The van der Waals surface area contributed by atoms with Crippen LogP contribution in [-0.4, -0.2) is 16.6 Å². The van der Waals surface area contributed by atoms with E-state index in [0.717, 1.165) is 32.4 Å². The predicted molar refractivity (Wildman–Crippen MR) is 94.6 cm³/mol. The van der Waals surface area contributed by atoms with Crippen LogP contribution in [-0.2, 0) is 4.79 Å². The lowest BCUT2D eigenvalue weighted by molar-refractivity contribution is -0.116. The summed E-state index contributed by atoms with van der Waals surface area (Å²) in [5.41, 5.74) is 0.981. The summed E-state index contributed by atoms with van der Waals surface area (Å²) in [4.78, 5) is 16.3.